The van der Waals surface area contributed by atoms with Crippen LogP contribution in [0.4, 0.5) is 0 Å². The van der Waals surface area contributed by atoms with Crippen LogP contribution in [0.2, 0.25) is 0 Å². The summed E-state index contributed by atoms with van der Waals surface area (Å²) in [6.07, 6.45) is 0.620. The quantitative estimate of drug-likeness (QED) is 0.346. The largest absolute Gasteiger partial charge is 0.219 e. The average molecular weight is 170 g/mol. The highest BCUT2D eigenvalue weighted by Crippen LogP contribution is 1.96. The van der Waals surface area contributed by atoms with Gasteiger partial charge in [0.15, 0.2) is 0 Å². The first-order chi connectivity index (χ1) is 5.31. The molecule has 11 heavy (non-hydrogen) atoms. The second-order valence-electron chi connectivity index (χ2n) is 1.66. The van der Waals surface area contributed by atoms with Gasteiger partial charge < -0.3 is 0 Å². The van der Waals surface area contributed by atoms with E-state index in [1.165, 1.54) is 0 Å². The molecule has 7 nitrogen and oxygen atoms in total. The van der Waals surface area contributed by atoms with E-state index in [2.05, 4.69) is 30.1 Å². The fraction of sp³-hybridized carbons (Fsp3) is 1.00. The molecule has 0 aromatic rings. The van der Waals surface area contributed by atoms with Crippen LogP contribution in [-0.2, 0) is 30.1 Å². The maximum Gasteiger partial charge on any atom is 0.0931 e. The van der Waals surface area contributed by atoms with Gasteiger partial charge in [0, 0.05) is 0 Å². The van der Waals surface area contributed by atoms with Gasteiger partial charge in [0.05, 0.1) is 6.10 Å². The Kier molecular flexibility index (Phi) is 7.62. The summed E-state index contributed by atoms with van der Waals surface area (Å²) in [6.45, 7) is 3.65. The van der Waals surface area contributed by atoms with Gasteiger partial charge in [-0.15, -0.1) is 0 Å². The van der Waals surface area contributed by atoms with Crippen molar-refractivity contribution in [3.63, 3.8) is 0 Å². The van der Waals surface area contributed by atoms with E-state index in [0.717, 1.165) is 6.42 Å². The lowest BCUT2D eigenvalue weighted by atomic mass is 10.3. The maximum atomic E-state index is 7.50. The van der Waals surface area contributed by atoms with Crippen molar-refractivity contribution in [1.82, 2.24) is 0 Å². The standard InChI is InChI=1S/C4H10O7/c1-3-4(2)6-8-10-11-9-7-5/h4-5H,3H2,1-2H3/t4-/m1/s1. The molecule has 0 fully saturated rings. The summed E-state index contributed by atoms with van der Waals surface area (Å²) >= 11 is 0. The first-order valence-electron chi connectivity index (χ1n) is 2.94. The molecule has 0 aromatic carbocycles. The summed E-state index contributed by atoms with van der Waals surface area (Å²) in [6, 6.07) is 0. The topological polar surface area (TPSA) is 75.6 Å². The van der Waals surface area contributed by atoms with E-state index in [1.54, 1.807) is 6.92 Å². The Bertz CT molecular complexity index is 76.8. The van der Waals surface area contributed by atoms with Gasteiger partial charge in [-0.25, -0.2) is 10.1 Å². The van der Waals surface area contributed by atoms with Crippen LogP contribution in [0.15, 0.2) is 0 Å². The van der Waals surface area contributed by atoms with Crippen molar-refractivity contribution in [3.8, 4) is 0 Å². The van der Waals surface area contributed by atoms with Gasteiger partial charge in [0.2, 0.25) is 0 Å². The van der Waals surface area contributed by atoms with Crippen molar-refractivity contribution in [2.45, 2.75) is 26.4 Å². The first kappa shape index (κ1) is 10.7. The Morgan fingerprint density at radius 2 is 1.82 bits per heavy atom. The number of hydrogen-bond acceptors (Lipinski definition) is 7. The van der Waals surface area contributed by atoms with Crippen molar-refractivity contribution in [3.05, 3.63) is 0 Å². The van der Waals surface area contributed by atoms with Gasteiger partial charge in [0.25, 0.3) is 0 Å². The first-order valence-corrected chi connectivity index (χ1v) is 2.94. The van der Waals surface area contributed by atoms with E-state index in [-0.39, 0.29) is 6.10 Å². The Morgan fingerprint density at radius 1 is 1.18 bits per heavy atom. The summed E-state index contributed by atoms with van der Waals surface area (Å²) in [4.78, 5) is 4.47. The molecule has 0 saturated heterocycles. The van der Waals surface area contributed by atoms with Gasteiger partial charge in [0.1, 0.15) is 0 Å². The van der Waals surface area contributed by atoms with Crippen molar-refractivity contribution in [2.24, 2.45) is 0 Å². The van der Waals surface area contributed by atoms with Crippen LogP contribution in [0.5, 0.6) is 0 Å². The van der Waals surface area contributed by atoms with Crippen LogP contribution in [0.1, 0.15) is 20.3 Å². The normalized spacial score (nSPS) is 13.4. The lowest BCUT2D eigenvalue weighted by Gasteiger charge is -2.04. The molecule has 0 aliphatic rings. The van der Waals surface area contributed by atoms with Crippen LogP contribution in [-0.4, -0.2) is 11.4 Å². The van der Waals surface area contributed by atoms with Crippen molar-refractivity contribution in [1.29, 1.82) is 0 Å². The van der Waals surface area contributed by atoms with E-state index >= 15 is 0 Å². The van der Waals surface area contributed by atoms with E-state index in [0.29, 0.717) is 0 Å². The molecule has 0 radical (unpaired) electrons. The second kappa shape index (κ2) is 7.82. The Balaban J connectivity index is 2.89. The SMILES string of the molecule is CC[C@@H](C)OOOOOOO. The van der Waals surface area contributed by atoms with Crippen molar-refractivity contribution >= 4 is 0 Å². The molecule has 0 saturated carbocycles. The summed E-state index contributed by atoms with van der Waals surface area (Å²) in [5.74, 6) is 0. The summed E-state index contributed by atoms with van der Waals surface area (Å²) in [7, 11) is 0. The van der Waals surface area contributed by atoms with Crippen LogP contribution in [0, 0.1) is 0 Å². The monoisotopic (exact) mass is 170 g/mol. The molecule has 0 unspecified atom stereocenters. The van der Waals surface area contributed by atoms with Gasteiger partial charge in [-0.3, -0.25) is 0 Å². The Morgan fingerprint density at radius 3 is 2.36 bits per heavy atom. The minimum absolute atomic E-state index is 0.131. The van der Waals surface area contributed by atoms with Crippen LogP contribution >= 0.6 is 0 Å². The lowest BCUT2D eigenvalue weighted by Crippen LogP contribution is -2.08. The third-order valence-corrected chi connectivity index (χ3v) is 0.892. The molecular formula is C4H10O7. The molecule has 0 aliphatic heterocycles. The molecule has 1 atom stereocenters. The highest BCUT2D eigenvalue weighted by molar-refractivity contribution is 4.37. The Hall–Kier alpha value is -0.280. The third kappa shape index (κ3) is 7.62. The van der Waals surface area contributed by atoms with Gasteiger partial charge in [-0.1, -0.05) is 6.92 Å². The highest BCUT2D eigenvalue weighted by Gasteiger charge is 1.99. The van der Waals surface area contributed by atoms with Gasteiger partial charge in [-0.2, -0.15) is 0 Å². The zero-order valence-electron chi connectivity index (χ0n) is 6.18. The average Bonchev–Trinajstić information content (AvgIpc) is 2.04. The molecule has 0 aromatic heterocycles. The molecule has 0 amide bonds. The molecule has 0 rings (SSSR count). The van der Waals surface area contributed by atoms with E-state index in [9.17, 15) is 0 Å². The summed E-state index contributed by atoms with van der Waals surface area (Å²) in [5.41, 5.74) is 0. The molecule has 0 aliphatic carbocycles. The maximum absolute atomic E-state index is 7.50. The molecular weight excluding hydrogens is 160 g/mol. The molecule has 1 N–H and O–H groups in total. The fourth-order valence-corrected chi connectivity index (χ4v) is 0.186. The molecule has 0 heterocycles. The van der Waals surface area contributed by atoms with Crippen LogP contribution in [0.25, 0.3) is 0 Å². The zero-order chi connectivity index (χ0) is 8.53. The Labute approximate surface area is 62.9 Å². The summed E-state index contributed by atoms with van der Waals surface area (Å²) < 4.78 is 0. The fourth-order valence-electron chi connectivity index (χ4n) is 0.186. The summed E-state index contributed by atoms with van der Waals surface area (Å²) in [5, 5.41) is 25.1. The zero-order valence-corrected chi connectivity index (χ0v) is 6.18. The second-order valence-corrected chi connectivity index (χ2v) is 1.66. The predicted molar refractivity (Wildman–Crippen MR) is 28.9 cm³/mol. The van der Waals surface area contributed by atoms with E-state index < -0.39 is 0 Å². The van der Waals surface area contributed by atoms with Crippen LogP contribution in [0.3, 0.4) is 0 Å². The predicted octanol–water partition coefficient (Wildman–Crippen LogP) is 0.932. The van der Waals surface area contributed by atoms with E-state index in [4.69, 9.17) is 5.26 Å². The molecule has 68 valence electrons. The highest BCUT2D eigenvalue weighted by atomic mass is 17.9. The van der Waals surface area contributed by atoms with E-state index in [1.807, 2.05) is 6.92 Å². The van der Waals surface area contributed by atoms with Crippen molar-refractivity contribution < 1.29 is 35.3 Å². The van der Waals surface area contributed by atoms with Crippen molar-refractivity contribution in [2.75, 3.05) is 0 Å². The third-order valence-electron chi connectivity index (χ3n) is 0.892. The lowest BCUT2D eigenvalue weighted by molar-refractivity contribution is -0.789. The minimum atomic E-state index is -0.131. The van der Waals surface area contributed by atoms with Gasteiger partial charge in [-0.05, 0) is 38.5 Å². The van der Waals surface area contributed by atoms with Crippen LogP contribution < -0.4 is 0 Å². The smallest absolute Gasteiger partial charge is 0.0931 e. The molecule has 0 bridgehead atoms. The van der Waals surface area contributed by atoms with Gasteiger partial charge >= 0.3 is 0 Å². The number of rotatable bonds is 7. The molecule has 7 heteroatoms. The number of hydrogen-bond donors (Lipinski definition) is 1. The minimum Gasteiger partial charge on any atom is -0.219 e. The molecule has 0 spiro atoms.